The molecule has 0 aromatic carbocycles. The summed E-state index contributed by atoms with van der Waals surface area (Å²) in [4.78, 5) is 26.6. The average Bonchev–Trinajstić information content (AvgIpc) is 3.63. The van der Waals surface area contributed by atoms with E-state index in [2.05, 4.69) is 19.9 Å². The van der Waals surface area contributed by atoms with Crippen molar-refractivity contribution in [2.75, 3.05) is 24.7 Å². The van der Waals surface area contributed by atoms with Crippen LogP contribution in [0.1, 0.15) is 43.4 Å². The fourth-order valence-corrected chi connectivity index (χ4v) is 5.11. The third-order valence-electron chi connectivity index (χ3n) is 7.47. The molecule has 0 amide bonds. The second-order valence-electron chi connectivity index (χ2n) is 10.5. The SMILES string of the molecule is C.[3H]c1cn(C2OC(CO)C(O)[C@]2(C)F)c2ncnc(N)c12.[3H]c1cn(C2OC(COC(C)=O)C(O)[C@]2(C)F)c2ncnc(N)c12. The summed E-state index contributed by atoms with van der Waals surface area (Å²) < 4.78 is 64.1. The number of carbonyl (C=O) groups excluding carboxylic acids is 1. The lowest BCUT2D eigenvalue weighted by Gasteiger charge is -2.25. The Bertz CT molecular complexity index is 1740. The fraction of sp³-hybridized carbons (Fsp3) is 0.519. The zero-order valence-electron chi connectivity index (χ0n) is 25.3. The number of aliphatic hydroxyl groups is 3. The number of esters is 1. The number of alkyl halides is 2. The number of hydrogen-bond donors (Lipinski definition) is 5. The van der Waals surface area contributed by atoms with Gasteiger partial charge in [0.1, 0.15) is 66.6 Å². The Balaban J connectivity index is 0.000000206. The first-order valence-electron chi connectivity index (χ1n) is 14.1. The Morgan fingerprint density at radius 2 is 1.39 bits per heavy atom. The molecule has 240 valence electrons. The number of rotatable bonds is 5. The summed E-state index contributed by atoms with van der Waals surface area (Å²) in [6.07, 6.45) is -2.53. The Hall–Kier alpha value is -4.03. The highest BCUT2D eigenvalue weighted by atomic mass is 19.1. The number of aliphatic hydroxyl groups excluding tert-OH is 3. The number of halogens is 2. The summed E-state index contributed by atoms with van der Waals surface area (Å²) in [6.45, 7) is 2.77. The molecule has 6 heterocycles. The summed E-state index contributed by atoms with van der Waals surface area (Å²) in [7, 11) is 0. The van der Waals surface area contributed by atoms with Crippen LogP contribution in [-0.2, 0) is 19.0 Å². The van der Waals surface area contributed by atoms with E-state index in [1.54, 1.807) is 0 Å². The molecule has 0 spiro atoms. The summed E-state index contributed by atoms with van der Waals surface area (Å²) in [5.74, 6) is -0.351. The highest BCUT2D eigenvalue weighted by molar-refractivity contribution is 5.86. The number of ether oxygens (including phenoxy) is 3. The molecule has 4 aromatic rings. The van der Waals surface area contributed by atoms with Gasteiger partial charge in [0.25, 0.3) is 0 Å². The van der Waals surface area contributed by atoms with Crippen LogP contribution in [0.15, 0.2) is 37.1 Å². The molecule has 6 rings (SSSR count). The molecule has 15 nitrogen and oxygen atoms in total. The smallest absolute Gasteiger partial charge is 0.302 e. The van der Waals surface area contributed by atoms with Gasteiger partial charge in [0, 0.05) is 19.3 Å². The number of carbonyl (C=O) groups is 1. The van der Waals surface area contributed by atoms with Crippen molar-refractivity contribution in [3.05, 3.63) is 37.1 Å². The fourth-order valence-electron chi connectivity index (χ4n) is 5.11. The van der Waals surface area contributed by atoms with Gasteiger partial charge in [0.2, 0.25) is 0 Å². The van der Waals surface area contributed by atoms with Crippen LogP contribution >= 0.6 is 0 Å². The van der Waals surface area contributed by atoms with Gasteiger partial charge < -0.3 is 50.1 Å². The van der Waals surface area contributed by atoms with Crippen molar-refractivity contribution < 1.29 is 45.8 Å². The molecule has 8 atom stereocenters. The lowest BCUT2D eigenvalue weighted by Crippen LogP contribution is -2.40. The Labute approximate surface area is 253 Å². The van der Waals surface area contributed by atoms with Crippen molar-refractivity contribution in [1.82, 2.24) is 29.1 Å². The molecule has 2 fully saturated rings. The average molecular weight is 627 g/mol. The Morgan fingerprint density at radius 3 is 1.80 bits per heavy atom. The van der Waals surface area contributed by atoms with Crippen molar-refractivity contribution in [3.8, 4) is 0 Å². The molecule has 2 aliphatic rings. The number of hydrogen-bond acceptors (Lipinski definition) is 13. The minimum Gasteiger partial charge on any atom is -0.463 e. The van der Waals surface area contributed by atoms with Gasteiger partial charge in [-0.3, -0.25) is 4.79 Å². The van der Waals surface area contributed by atoms with Gasteiger partial charge in [-0.2, -0.15) is 0 Å². The third kappa shape index (κ3) is 5.52. The van der Waals surface area contributed by atoms with Gasteiger partial charge in [-0.05, 0) is 25.9 Å². The van der Waals surface area contributed by atoms with Gasteiger partial charge in [0.15, 0.2) is 23.8 Å². The van der Waals surface area contributed by atoms with Crippen molar-refractivity contribution in [2.45, 2.75) is 76.4 Å². The van der Waals surface area contributed by atoms with Crippen LogP contribution in [0.25, 0.3) is 22.1 Å². The van der Waals surface area contributed by atoms with Gasteiger partial charge in [-0.15, -0.1) is 0 Å². The van der Waals surface area contributed by atoms with E-state index in [1.165, 1.54) is 55.0 Å². The number of nitrogen functional groups attached to an aromatic ring is 2. The molecule has 2 saturated heterocycles. The lowest BCUT2D eigenvalue weighted by molar-refractivity contribution is -0.147. The summed E-state index contributed by atoms with van der Waals surface area (Å²) in [5, 5.41) is 29.8. The van der Waals surface area contributed by atoms with E-state index in [9.17, 15) is 19.4 Å². The highest BCUT2D eigenvalue weighted by Gasteiger charge is 2.56. The van der Waals surface area contributed by atoms with Crippen LogP contribution in [0.3, 0.4) is 0 Å². The van der Waals surface area contributed by atoms with Crippen LogP contribution in [0.5, 0.6) is 0 Å². The molecule has 44 heavy (non-hydrogen) atoms. The summed E-state index contributed by atoms with van der Waals surface area (Å²) >= 11 is 0. The van der Waals surface area contributed by atoms with Crippen LogP contribution in [0, 0.1) is 0 Å². The van der Waals surface area contributed by atoms with E-state index in [0.29, 0.717) is 5.39 Å². The minimum absolute atomic E-state index is 0. The van der Waals surface area contributed by atoms with E-state index in [-0.39, 0.29) is 54.4 Å². The zero-order chi connectivity index (χ0) is 33.0. The number of nitrogens with two attached hydrogens (primary N) is 2. The van der Waals surface area contributed by atoms with Crippen LogP contribution in [0.4, 0.5) is 20.4 Å². The van der Waals surface area contributed by atoms with E-state index in [1.807, 2.05) is 0 Å². The minimum atomic E-state index is -2.19. The van der Waals surface area contributed by atoms with Crippen molar-refractivity contribution >= 4 is 39.7 Å². The Kier molecular flexibility index (Phi) is 8.30. The molecule has 0 bridgehead atoms. The highest BCUT2D eigenvalue weighted by Crippen LogP contribution is 2.44. The standard InChI is InChI=1S/C14H17FN4O4.C12H15FN4O3.CH4/c1-7(20)22-5-9-10(21)14(2,15)13(23-9)19-4-3-8-11(16)17-6-18-12(8)19;1-12(13)8(19)7(4-18)20-11(12)17-3-2-6-9(14)15-5-16-10(6)17;/h3-4,6,9-10,13,21H,5H2,1-2H3,(H2,16,17,18);2-3,5,7-8,11,18-19H,4H2,1H3,(H2,14,15,16);1H4/t9?,10?,13?,14-;7?,8?,11?,12-;/m00./s1/i3T;2T;. The molecule has 2 aliphatic heterocycles. The van der Waals surface area contributed by atoms with E-state index in [0.717, 1.165) is 0 Å². The maximum atomic E-state index is 15.1. The normalized spacial score (nSPS) is 32.1. The number of nitrogens with zero attached hydrogens (tertiary/aromatic N) is 6. The summed E-state index contributed by atoms with van der Waals surface area (Å²) in [6, 6.07) is 0.0462. The van der Waals surface area contributed by atoms with E-state index < -0.39 is 60.8 Å². The molecule has 7 N–H and O–H groups in total. The molecule has 0 radical (unpaired) electrons. The van der Waals surface area contributed by atoms with Crippen LogP contribution in [-0.4, -0.2) is 99.3 Å². The maximum Gasteiger partial charge on any atom is 0.302 e. The van der Waals surface area contributed by atoms with E-state index in [4.69, 9.17) is 33.5 Å². The van der Waals surface area contributed by atoms with Gasteiger partial charge in [-0.25, -0.2) is 28.7 Å². The molecule has 4 aromatic heterocycles. The first-order valence-corrected chi connectivity index (χ1v) is 13.1. The zero-order valence-corrected chi connectivity index (χ0v) is 23.3. The Morgan fingerprint density at radius 1 is 0.955 bits per heavy atom. The first kappa shape index (κ1) is 30.0. The topological polar surface area (TPSA) is 219 Å². The number of fused-ring (bicyclic) bond motifs is 2. The molecule has 0 saturated carbocycles. The molecule has 17 heteroatoms. The largest absolute Gasteiger partial charge is 0.463 e. The number of anilines is 2. The predicted molar refractivity (Wildman–Crippen MR) is 153 cm³/mol. The maximum absolute atomic E-state index is 15.1. The predicted octanol–water partition coefficient (Wildman–Crippen LogP) is 1.19. The second-order valence-corrected chi connectivity index (χ2v) is 10.5. The van der Waals surface area contributed by atoms with Gasteiger partial charge in [-0.1, -0.05) is 7.43 Å². The monoisotopic (exact) mass is 626 g/mol. The van der Waals surface area contributed by atoms with Crippen molar-refractivity contribution in [3.63, 3.8) is 0 Å². The van der Waals surface area contributed by atoms with Crippen molar-refractivity contribution in [2.24, 2.45) is 0 Å². The van der Waals surface area contributed by atoms with Crippen molar-refractivity contribution in [1.29, 1.82) is 0 Å². The lowest BCUT2D eigenvalue weighted by atomic mass is 9.98. The molecule has 6 unspecified atom stereocenters. The molecular formula is C27H36F2N8O7. The molecular weight excluding hydrogens is 586 g/mol. The van der Waals surface area contributed by atoms with E-state index >= 15 is 4.39 Å². The van der Waals surface area contributed by atoms with Gasteiger partial charge in [0.05, 0.1) is 20.1 Å². The van der Waals surface area contributed by atoms with Crippen LogP contribution < -0.4 is 11.5 Å². The summed E-state index contributed by atoms with van der Waals surface area (Å²) in [5.41, 5.74) is 7.58. The second kappa shape index (κ2) is 12.2. The van der Waals surface area contributed by atoms with Gasteiger partial charge >= 0.3 is 5.97 Å². The first-order chi connectivity index (χ1) is 21.1. The molecule has 0 aliphatic carbocycles. The third-order valence-corrected chi connectivity index (χ3v) is 7.47. The number of aromatic nitrogens is 6. The van der Waals surface area contributed by atoms with Crippen LogP contribution in [0.2, 0.25) is 0 Å². The quantitative estimate of drug-likeness (QED) is 0.197.